The molecular weight excluding hydrogens is 248 g/mol. The smallest absolute Gasteiger partial charge is 0.141 e. The van der Waals surface area contributed by atoms with Gasteiger partial charge in [-0.25, -0.2) is 0 Å². The first-order valence-electron chi connectivity index (χ1n) is 6.75. The summed E-state index contributed by atoms with van der Waals surface area (Å²) in [5, 5.41) is 0. The SMILES string of the molecule is COc1ccc(CN(C)Cc2ccc(C)cc2)cc1N. The van der Waals surface area contributed by atoms with Crippen LogP contribution in [0.2, 0.25) is 0 Å². The van der Waals surface area contributed by atoms with Gasteiger partial charge in [-0.2, -0.15) is 0 Å². The van der Waals surface area contributed by atoms with E-state index in [1.807, 2.05) is 12.1 Å². The third-order valence-corrected chi connectivity index (χ3v) is 3.32. The van der Waals surface area contributed by atoms with Crippen LogP contribution in [-0.2, 0) is 13.1 Å². The van der Waals surface area contributed by atoms with E-state index in [2.05, 4.69) is 49.2 Å². The van der Waals surface area contributed by atoms with Crippen molar-refractivity contribution in [1.82, 2.24) is 4.90 Å². The van der Waals surface area contributed by atoms with Crippen molar-refractivity contribution in [3.8, 4) is 5.75 Å². The van der Waals surface area contributed by atoms with Crippen LogP contribution in [0, 0.1) is 6.92 Å². The minimum atomic E-state index is 0.689. The highest BCUT2D eigenvalue weighted by Crippen LogP contribution is 2.22. The van der Waals surface area contributed by atoms with E-state index in [1.54, 1.807) is 7.11 Å². The summed E-state index contributed by atoms with van der Waals surface area (Å²) in [4.78, 5) is 2.27. The highest BCUT2D eigenvalue weighted by Gasteiger charge is 2.05. The maximum atomic E-state index is 5.93. The van der Waals surface area contributed by atoms with E-state index < -0.39 is 0 Å². The Morgan fingerprint density at radius 1 is 1.00 bits per heavy atom. The predicted molar refractivity (Wildman–Crippen MR) is 83.8 cm³/mol. The normalized spacial score (nSPS) is 10.8. The molecule has 0 aliphatic carbocycles. The molecule has 2 aromatic carbocycles. The lowest BCUT2D eigenvalue weighted by molar-refractivity contribution is 0.319. The van der Waals surface area contributed by atoms with E-state index in [0.717, 1.165) is 18.8 Å². The summed E-state index contributed by atoms with van der Waals surface area (Å²) in [6, 6.07) is 14.6. The second-order valence-corrected chi connectivity index (χ2v) is 5.23. The summed E-state index contributed by atoms with van der Waals surface area (Å²) in [5.74, 6) is 0.731. The summed E-state index contributed by atoms with van der Waals surface area (Å²) in [6.45, 7) is 3.89. The molecule has 2 N–H and O–H groups in total. The Morgan fingerprint density at radius 2 is 1.60 bits per heavy atom. The zero-order valence-electron chi connectivity index (χ0n) is 12.4. The molecule has 2 aromatic rings. The maximum Gasteiger partial charge on any atom is 0.141 e. The van der Waals surface area contributed by atoms with Crippen molar-refractivity contribution in [1.29, 1.82) is 0 Å². The molecule has 0 aromatic heterocycles. The van der Waals surface area contributed by atoms with Gasteiger partial charge < -0.3 is 10.5 Å². The van der Waals surface area contributed by atoms with Gasteiger partial charge >= 0.3 is 0 Å². The third-order valence-electron chi connectivity index (χ3n) is 3.32. The van der Waals surface area contributed by atoms with Crippen molar-refractivity contribution in [2.75, 3.05) is 19.9 Å². The first kappa shape index (κ1) is 14.4. The van der Waals surface area contributed by atoms with Crippen molar-refractivity contribution in [2.24, 2.45) is 0 Å². The van der Waals surface area contributed by atoms with Gasteiger partial charge in [0.2, 0.25) is 0 Å². The van der Waals surface area contributed by atoms with Gasteiger partial charge in [0.1, 0.15) is 5.75 Å². The molecule has 0 bridgehead atoms. The number of nitrogen functional groups attached to an aromatic ring is 1. The fraction of sp³-hybridized carbons (Fsp3) is 0.294. The van der Waals surface area contributed by atoms with Gasteiger partial charge in [-0.05, 0) is 37.2 Å². The average Bonchev–Trinajstić information content (AvgIpc) is 2.41. The maximum absolute atomic E-state index is 5.93. The Hall–Kier alpha value is -2.00. The largest absolute Gasteiger partial charge is 0.495 e. The highest BCUT2D eigenvalue weighted by atomic mass is 16.5. The topological polar surface area (TPSA) is 38.5 Å². The molecule has 0 atom stereocenters. The minimum absolute atomic E-state index is 0.689. The molecule has 0 aliphatic rings. The highest BCUT2D eigenvalue weighted by molar-refractivity contribution is 5.54. The van der Waals surface area contributed by atoms with Crippen molar-refractivity contribution < 1.29 is 4.74 Å². The number of nitrogens with zero attached hydrogens (tertiary/aromatic N) is 1. The van der Waals surface area contributed by atoms with Gasteiger partial charge in [-0.3, -0.25) is 4.90 Å². The summed E-state index contributed by atoms with van der Waals surface area (Å²) < 4.78 is 5.17. The number of benzene rings is 2. The Bertz CT molecular complexity index is 564. The summed E-state index contributed by atoms with van der Waals surface area (Å²) in [5.41, 5.74) is 10.4. The van der Waals surface area contributed by atoms with Crippen LogP contribution in [-0.4, -0.2) is 19.1 Å². The van der Waals surface area contributed by atoms with Gasteiger partial charge in [0, 0.05) is 13.1 Å². The van der Waals surface area contributed by atoms with Crippen LogP contribution in [0.3, 0.4) is 0 Å². The standard InChI is InChI=1S/C17H22N2O/c1-13-4-6-14(7-5-13)11-19(2)12-15-8-9-17(20-3)16(18)10-15/h4-10H,11-12,18H2,1-3H3. The monoisotopic (exact) mass is 270 g/mol. The molecule has 0 saturated carbocycles. The zero-order valence-corrected chi connectivity index (χ0v) is 12.4. The number of hydrogen-bond acceptors (Lipinski definition) is 3. The third kappa shape index (κ3) is 3.75. The average molecular weight is 270 g/mol. The van der Waals surface area contributed by atoms with E-state index in [-0.39, 0.29) is 0 Å². The molecule has 0 radical (unpaired) electrons. The lowest BCUT2D eigenvalue weighted by Gasteiger charge is -2.17. The van der Waals surface area contributed by atoms with Crippen LogP contribution >= 0.6 is 0 Å². The molecule has 0 unspecified atom stereocenters. The second kappa shape index (κ2) is 6.44. The van der Waals surface area contributed by atoms with Crippen LogP contribution in [0.1, 0.15) is 16.7 Å². The number of hydrogen-bond donors (Lipinski definition) is 1. The number of nitrogens with two attached hydrogens (primary N) is 1. The van der Waals surface area contributed by atoms with Crippen molar-refractivity contribution >= 4 is 5.69 Å². The molecule has 0 fully saturated rings. The number of methoxy groups -OCH3 is 1. The molecule has 3 nitrogen and oxygen atoms in total. The Morgan fingerprint density at radius 3 is 2.20 bits per heavy atom. The number of aryl methyl sites for hydroxylation is 1. The quantitative estimate of drug-likeness (QED) is 0.848. The molecule has 0 saturated heterocycles. The van der Waals surface area contributed by atoms with Gasteiger partial charge in [0.25, 0.3) is 0 Å². The fourth-order valence-corrected chi connectivity index (χ4v) is 2.25. The predicted octanol–water partition coefficient (Wildman–Crippen LogP) is 3.22. The van der Waals surface area contributed by atoms with Crippen LogP contribution in [0.15, 0.2) is 42.5 Å². The number of ether oxygens (including phenoxy) is 1. The summed E-state index contributed by atoms with van der Waals surface area (Å²) >= 11 is 0. The van der Waals surface area contributed by atoms with Crippen LogP contribution in [0.25, 0.3) is 0 Å². The van der Waals surface area contributed by atoms with Gasteiger partial charge in [0.05, 0.1) is 12.8 Å². The van der Waals surface area contributed by atoms with Crippen LogP contribution < -0.4 is 10.5 Å². The molecule has 20 heavy (non-hydrogen) atoms. The summed E-state index contributed by atoms with van der Waals surface area (Å²) in [6.07, 6.45) is 0. The number of rotatable bonds is 5. The molecule has 0 spiro atoms. The molecule has 3 heteroatoms. The Kier molecular flexibility index (Phi) is 4.64. The molecule has 2 rings (SSSR count). The summed E-state index contributed by atoms with van der Waals surface area (Å²) in [7, 11) is 3.75. The van der Waals surface area contributed by atoms with Gasteiger partial charge in [-0.1, -0.05) is 35.9 Å². The van der Waals surface area contributed by atoms with Crippen molar-refractivity contribution in [3.05, 3.63) is 59.2 Å². The zero-order chi connectivity index (χ0) is 14.5. The van der Waals surface area contributed by atoms with Crippen LogP contribution in [0.4, 0.5) is 5.69 Å². The first-order valence-corrected chi connectivity index (χ1v) is 6.75. The van der Waals surface area contributed by atoms with E-state index in [1.165, 1.54) is 16.7 Å². The van der Waals surface area contributed by atoms with E-state index in [4.69, 9.17) is 10.5 Å². The molecule has 0 aliphatic heterocycles. The van der Waals surface area contributed by atoms with Gasteiger partial charge in [0.15, 0.2) is 0 Å². The Labute approximate surface area is 121 Å². The second-order valence-electron chi connectivity index (χ2n) is 5.23. The molecular formula is C17H22N2O. The number of anilines is 1. The lowest BCUT2D eigenvalue weighted by Crippen LogP contribution is -2.17. The van der Waals surface area contributed by atoms with E-state index >= 15 is 0 Å². The molecule has 0 heterocycles. The molecule has 0 amide bonds. The minimum Gasteiger partial charge on any atom is -0.495 e. The van der Waals surface area contributed by atoms with Crippen molar-refractivity contribution in [3.63, 3.8) is 0 Å². The van der Waals surface area contributed by atoms with Crippen LogP contribution in [0.5, 0.6) is 5.75 Å². The van der Waals surface area contributed by atoms with E-state index in [9.17, 15) is 0 Å². The lowest BCUT2D eigenvalue weighted by atomic mass is 10.1. The molecule has 106 valence electrons. The van der Waals surface area contributed by atoms with Crippen molar-refractivity contribution in [2.45, 2.75) is 20.0 Å². The van der Waals surface area contributed by atoms with E-state index in [0.29, 0.717) is 5.69 Å². The van der Waals surface area contributed by atoms with Gasteiger partial charge in [-0.15, -0.1) is 0 Å². The first-order chi connectivity index (χ1) is 9.58. The fourth-order valence-electron chi connectivity index (χ4n) is 2.25. The Balaban J connectivity index is 1.99.